The Morgan fingerprint density at radius 1 is 1.38 bits per heavy atom. The summed E-state index contributed by atoms with van der Waals surface area (Å²) in [7, 11) is 0. The number of carbonyl (C=O) groups excluding carboxylic acids is 3. The van der Waals surface area contributed by atoms with Gasteiger partial charge in [-0.1, -0.05) is 26.8 Å². The molecule has 3 saturated heterocycles. The van der Waals surface area contributed by atoms with E-state index in [1.165, 1.54) is 4.90 Å². The molecule has 3 aliphatic heterocycles. The van der Waals surface area contributed by atoms with Gasteiger partial charge < -0.3 is 24.4 Å². The first kappa shape index (κ1) is 26.7. The quantitative estimate of drug-likeness (QED) is 0.425. The minimum absolute atomic E-state index is 0.0599. The van der Waals surface area contributed by atoms with Gasteiger partial charge in [-0.15, -0.1) is 6.58 Å². The molecule has 0 saturated carbocycles. The van der Waals surface area contributed by atoms with Gasteiger partial charge in [0.25, 0.3) is 0 Å². The van der Waals surface area contributed by atoms with E-state index in [0.29, 0.717) is 13.0 Å². The Kier molecular flexibility index (Phi) is 7.01. The second kappa shape index (κ2) is 8.94. The lowest BCUT2D eigenvalue weighted by Gasteiger charge is -2.44. The number of esters is 1. The second-order valence-corrected chi connectivity index (χ2v) is 11.6. The summed E-state index contributed by atoms with van der Waals surface area (Å²) >= 11 is 0. The zero-order valence-corrected chi connectivity index (χ0v) is 22.0. The second-order valence-electron chi connectivity index (χ2n) is 11.6. The molecular weight excluding hydrogens is 436 g/mol. The number of ether oxygens (including phenoxy) is 2. The molecule has 7 atom stereocenters. The Morgan fingerprint density at radius 2 is 2.00 bits per heavy atom. The van der Waals surface area contributed by atoms with E-state index in [-0.39, 0.29) is 36.9 Å². The first-order valence-electron chi connectivity index (χ1n) is 12.4. The van der Waals surface area contributed by atoms with Gasteiger partial charge in [0, 0.05) is 12.1 Å². The van der Waals surface area contributed by atoms with Gasteiger partial charge in [-0.2, -0.15) is 0 Å². The molecule has 1 N–H and O–H groups in total. The molecule has 0 aromatic rings. The van der Waals surface area contributed by atoms with E-state index < -0.39 is 46.6 Å². The number of hydrogen-bond donors (Lipinski definition) is 1. The average Bonchev–Trinajstić information content (AvgIpc) is 3.23. The van der Waals surface area contributed by atoms with Crippen LogP contribution in [0.25, 0.3) is 0 Å². The molecule has 8 heteroatoms. The van der Waals surface area contributed by atoms with Crippen LogP contribution in [-0.4, -0.2) is 81.3 Å². The molecule has 0 aliphatic carbocycles. The summed E-state index contributed by atoms with van der Waals surface area (Å²) in [5, 5.41) is 10.3. The van der Waals surface area contributed by atoms with Crippen molar-refractivity contribution < 1.29 is 29.0 Å². The largest absolute Gasteiger partial charge is 0.466 e. The van der Waals surface area contributed by atoms with E-state index in [4.69, 9.17) is 9.47 Å². The maximum Gasteiger partial charge on any atom is 0.312 e. The Labute approximate surface area is 203 Å². The molecule has 0 aromatic carbocycles. The molecule has 2 bridgehead atoms. The van der Waals surface area contributed by atoms with Crippen LogP contribution in [0.1, 0.15) is 61.8 Å². The van der Waals surface area contributed by atoms with E-state index in [0.717, 1.165) is 0 Å². The zero-order chi connectivity index (χ0) is 25.8. The summed E-state index contributed by atoms with van der Waals surface area (Å²) in [5.41, 5.74) is -2.60. The minimum atomic E-state index is -1.16. The van der Waals surface area contributed by atoms with Crippen molar-refractivity contribution in [2.24, 2.45) is 23.7 Å². The van der Waals surface area contributed by atoms with Crippen LogP contribution in [0.3, 0.4) is 0 Å². The lowest BCUT2D eigenvalue weighted by atomic mass is 9.62. The van der Waals surface area contributed by atoms with Crippen molar-refractivity contribution in [1.82, 2.24) is 9.80 Å². The number of aliphatic hydroxyl groups excluding tert-OH is 1. The summed E-state index contributed by atoms with van der Waals surface area (Å²) < 4.78 is 12.1. The fraction of sp³-hybridized carbons (Fsp3) is 0.808. The average molecular weight is 479 g/mol. The molecule has 1 spiro atoms. The molecule has 3 heterocycles. The fourth-order valence-electron chi connectivity index (χ4n) is 6.49. The third-order valence-electron chi connectivity index (χ3n) is 8.23. The number of rotatable bonds is 8. The standard InChI is InChI=1S/C26H42N2O6/c1-10-12-27(24(6,7)8)22(31)20-26-13-16(5)25(9,34-26)19(23(32)33-11-2)18(26)21(30)28(20)17(14-29)15(3)4/h10,15-20,29H,1,11-14H2,2-9H3/t16?,17-,18-,19+,20?,25-,26?/m0/s1. The van der Waals surface area contributed by atoms with Gasteiger partial charge in [-0.3, -0.25) is 14.4 Å². The van der Waals surface area contributed by atoms with Gasteiger partial charge in [0.05, 0.1) is 30.8 Å². The van der Waals surface area contributed by atoms with Gasteiger partial charge in [0.1, 0.15) is 17.6 Å². The first-order chi connectivity index (χ1) is 15.7. The molecule has 34 heavy (non-hydrogen) atoms. The fourth-order valence-corrected chi connectivity index (χ4v) is 6.49. The van der Waals surface area contributed by atoms with Crippen LogP contribution in [0, 0.1) is 23.7 Å². The maximum absolute atomic E-state index is 14.3. The van der Waals surface area contributed by atoms with Crippen molar-refractivity contribution >= 4 is 17.8 Å². The monoisotopic (exact) mass is 478 g/mol. The van der Waals surface area contributed by atoms with E-state index >= 15 is 0 Å². The molecule has 3 aliphatic rings. The summed E-state index contributed by atoms with van der Waals surface area (Å²) in [4.78, 5) is 44.9. The van der Waals surface area contributed by atoms with Gasteiger partial charge in [-0.25, -0.2) is 0 Å². The SMILES string of the molecule is C=CCN(C(=O)C1N([C@@H](CO)C(C)C)C(=O)[C@@H]2[C@H](C(=O)OCC)[C@@]3(C)OC12CC3C)C(C)(C)C. The highest BCUT2D eigenvalue weighted by atomic mass is 16.6. The number of nitrogens with zero attached hydrogens (tertiary/aromatic N) is 2. The highest BCUT2D eigenvalue weighted by Gasteiger charge is 2.81. The van der Waals surface area contributed by atoms with Crippen molar-refractivity contribution in [3.63, 3.8) is 0 Å². The first-order valence-corrected chi connectivity index (χ1v) is 12.4. The molecule has 2 amide bonds. The number of hydrogen-bond acceptors (Lipinski definition) is 6. The van der Waals surface area contributed by atoms with Gasteiger partial charge in [0.15, 0.2) is 0 Å². The lowest BCUT2D eigenvalue weighted by Crippen LogP contribution is -2.62. The van der Waals surface area contributed by atoms with Crippen molar-refractivity contribution in [2.45, 2.75) is 90.6 Å². The van der Waals surface area contributed by atoms with Gasteiger partial charge in [-0.05, 0) is 52.9 Å². The number of likely N-dealkylation sites (tertiary alicyclic amines) is 1. The normalized spacial score (nSPS) is 35.5. The molecule has 192 valence electrons. The van der Waals surface area contributed by atoms with Crippen LogP contribution in [-0.2, 0) is 23.9 Å². The van der Waals surface area contributed by atoms with Crippen LogP contribution in [0.5, 0.6) is 0 Å². The van der Waals surface area contributed by atoms with E-state index in [9.17, 15) is 19.5 Å². The van der Waals surface area contributed by atoms with E-state index in [2.05, 4.69) is 6.58 Å². The van der Waals surface area contributed by atoms with Crippen LogP contribution >= 0.6 is 0 Å². The minimum Gasteiger partial charge on any atom is -0.466 e. The summed E-state index contributed by atoms with van der Waals surface area (Å²) in [5.74, 6) is -2.83. The van der Waals surface area contributed by atoms with E-state index in [1.54, 1.807) is 17.9 Å². The third kappa shape index (κ3) is 3.68. The van der Waals surface area contributed by atoms with Crippen LogP contribution in [0.15, 0.2) is 12.7 Å². The molecule has 3 fully saturated rings. The Bertz CT molecular complexity index is 851. The molecule has 0 aromatic heterocycles. The predicted molar refractivity (Wildman–Crippen MR) is 128 cm³/mol. The highest BCUT2D eigenvalue weighted by molar-refractivity contribution is 5.99. The van der Waals surface area contributed by atoms with Crippen LogP contribution in [0.2, 0.25) is 0 Å². The molecule has 3 unspecified atom stereocenters. The smallest absolute Gasteiger partial charge is 0.312 e. The number of carbonyl (C=O) groups is 3. The maximum atomic E-state index is 14.3. The summed E-state index contributed by atoms with van der Waals surface area (Å²) in [6.07, 6.45) is 2.15. The van der Waals surface area contributed by atoms with Gasteiger partial charge in [0.2, 0.25) is 11.8 Å². The number of amides is 2. The topological polar surface area (TPSA) is 96.4 Å². The molecule has 8 nitrogen and oxygen atoms in total. The van der Waals surface area contributed by atoms with Crippen molar-refractivity contribution in [2.75, 3.05) is 19.8 Å². The molecule has 0 radical (unpaired) electrons. The van der Waals surface area contributed by atoms with Crippen molar-refractivity contribution in [3.05, 3.63) is 12.7 Å². The summed E-state index contributed by atoms with van der Waals surface area (Å²) in [6, 6.07) is -1.53. The Hall–Kier alpha value is -1.93. The lowest BCUT2D eigenvalue weighted by molar-refractivity contribution is -0.165. The van der Waals surface area contributed by atoms with Crippen molar-refractivity contribution in [3.8, 4) is 0 Å². The van der Waals surface area contributed by atoms with Gasteiger partial charge >= 0.3 is 5.97 Å². The Morgan fingerprint density at radius 3 is 2.47 bits per heavy atom. The third-order valence-corrected chi connectivity index (χ3v) is 8.23. The summed E-state index contributed by atoms with van der Waals surface area (Å²) in [6.45, 7) is 19.3. The predicted octanol–water partition coefficient (Wildman–Crippen LogP) is 2.39. The van der Waals surface area contributed by atoms with E-state index in [1.807, 2.05) is 48.5 Å². The molecular formula is C26H42N2O6. The number of fused-ring (bicyclic) bond motifs is 1. The van der Waals surface area contributed by atoms with Crippen LogP contribution < -0.4 is 0 Å². The number of aliphatic hydroxyl groups is 1. The molecule has 3 rings (SSSR count). The Balaban J connectivity index is 2.23. The van der Waals surface area contributed by atoms with Crippen molar-refractivity contribution in [1.29, 1.82) is 0 Å². The van der Waals surface area contributed by atoms with Crippen LogP contribution in [0.4, 0.5) is 0 Å². The highest BCUT2D eigenvalue weighted by Crippen LogP contribution is 2.66. The zero-order valence-electron chi connectivity index (χ0n) is 22.0.